The highest BCUT2D eigenvalue weighted by atomic mass is 32.1. The zero-order valence-corrected chi connectivity index (χ0v) is 26.3. The minimum Gasteiger partial charge on any atom is -0.345 e. The molecule has 4 N–H and O–H groups in total. The third-order valence-electron chi connectivity index (χ3n) is 10.2. The van der Waals surface area contributed by atoms with Crippen molar-refractivity contribution >= 4 is 56.9 Å². The molecule has 4 fully saturated rings. The molecule has 4 unspecified atom stereocenters. The minimum absolute atomic E-state index is 0.256. The molecule has 43 heavy (non-hydrogen) atoms. The number of nitriles is 1. The van der Waals surface area contributed by atoms with Crippen LogP contribution in [0.15, 0.2) is 48.5 Å². The average Bonchev–Trinajstić information content (AvgIpc) is 3.98. The van der Waals surface area contributed by atoms with Gasteiger partial charge < -0.3 is 21.5 Å². The lowest BCUT2D eigenvalue weighted by atomic mass is 9.92. The second kappa shape index (κ2) is 10.1. The van der Waals surface area contributed by atoms with E-state index in [1.165, 1.54) is 66.7 Å². The highest BCUT2D eigenvalue weighted by Crippen LogP contribution is 2.79. The molecule has 0 aliphatic heterocycles. The van der Waals surface area contributed by atoms with Crippen LogP contribution in [-0.4, -0.2) is 21.2 Å². The summed E-state index contributed by atoms with van der Waals surface area (Å²) in [6.07, 6.45) is 8.83. The van der Waals surface area contributed by atoms with Gasteiger partial charge in [0.05, 0.1) is 22.9 Å². The van der Waals surface area contributed by atoms with Gasteiger partial charge in [-0.2, -0.15) is 14.0 Å². The van der Waals surface area contributed by atoms with E-state index in [-0.39, 0.29) is 10.8 Å². The van der Waals surface area contributed by atoms with Crippen LogP contribution in [0.5, 0.6) is 0 Å². The molecule has 218 valence electrons. The molecule has 0 saturated heterocycles. The van der Waals surface area contributed by atoms with Crippen molar-refractivity contribution in [1.29, 1.82) is 16.1 Å². The van der Waals surface area contributed by atoms with Gasteiger partial charge in [-0.15, -0.1) is 0 Å². The molecule has 4 saturated carbocycles. The summed E-state index contributed by atoms with van der Waals surface area (Å²) in [6.45, 7) is 6.32. The van der Waals surface area contributed by atoms with Crippen LogP contribution >= 0.6 is 23.1 Å². The fraction of sp³-hybridized carbons (Fsp3) is 0.382. The molecule has 4 aliphatic carbocycles. The Morgan fingerprint density at radius 1 is 0.884 bits per heavy atom. The summed E-state index contributed by atoms with van der Waals surface area (Å²) < 4.78 is 8.57. The lowest BCUT2D eigenvalue weighted by Crippen LogP contribution is -2.08. The zero-order valence-electron chi connectivity index (χ0n) is 24.6. The molecule has 8 rings (SSSR count). The van der Waals surface area contributed by atoms with Crippen LogP contribution in [0.2, 0.25) is 0 Å². The highest BCUT2D eigenvalue weighted by molar-refractivity contribution is 7.10. The molecule has 2 spiro atoms. The smallest absolute Gasteiger partial charge is 0.114 e. The number of rotatable bonds is 8. The van der Waals surface area contributed by atoms with Crippen molar-refractivity contribution in [3.63, 3.8) is 0 Å². The molecule has 0 radical (unpaired) electrons. The monoisotopic (exact) mass is 605 g/mol. The molecule has 0 amide bonds. The first-order valence-corrected chi connectivity index (χ1v) is 16.4. The van der Waals surface area contributed by atoms with Crippen molar-refractivity contribution in [2.24, 2.45) is 16.7 Å². The molecule has 2 aromatic carbocycles. The number of anilines is 4. The van der Waals surface area contributed by atoms with E-state index in [0.717, 1.165) is 67.7 Å². The second-order valence-corrected chi connectivity index (χ2v) is 14.5. The Kier molecular flexibility index (Phi) is 6.56. The summed E-state index contributed by atoms with van der Waals surface area (Å²) in [7, 11) is 0. The number of hydrogen-bond acceptors (Lipinski definition) is 9. The van der Waals surface area contributed by atoms with E-state index in [2.05, 4.69) is 50.6 Å². The number of aryl methyl sites for hydroxylation is 2. The Bertz CT molecular complexity index is 1790. The van der Waals surface area contributed by atoms with E-state index in [0.29, 0.717) is 5.41 Å². The van der Waals surface area contributed by atoms with Crippen molar-refractivity contribution < 1.29 is 0 Å². The van der Waals surface area contributed by atoms with Crippen molar-refractivity contribution in [2.45, 2.75) is 64.2 Å². The van der Waals surface area contributed by atoms with Gasteiger partial charge in [-0.3, -0.25) is 0 Å². The van der Waals surface area contributed by atoms with Crippen LogP contribution in [0.1, 0.15) is 78.6 Å². The predicted octanol–water partition coefficient (Wildman–Crippen LogP) is 8.84. The van der Waals surface area contributed by atoms with E-state index in [1.807, 2.05) is 44.2 Å². The quantitative estimate of drug-likeness (QED) is 0.150. The van der Waals surface area contributed by atoms with Crippen LogP contribution in [0, 0.1) is 52.7 Å². The van der Waals surface area contributed by atoms with Gasteiger partial charge in [-0.1, -0.05) is 31.2 Å². The van der Waals surface area contributed by atoms with E-state index in [9.17, 15) is 5.26 Å². The summed E-state index contributed by atoms with van der Waals surface area (Å²) in [5.41, 5.74) is 8.78. The Balaban J connectivity index is 0.000000140. The van der Waals surface area contributed by atoms with E-state index < -0.39 is 0 Å². The third-order valence-corrected chi connectivity index (χ3v) is 11.8. The number of nitrogens with one attached hydrogen (secondary N) is 4. The first-order chi connectivity index (χ1) is 20.7. The Morgan fingerprint density at radius 3 is 1.91 bits per heavy atom. The van der Waals surface area contributed by atoms with Crippen molar-refractivity contribution in [3.05, 3.63) is 82.2 Å². The fourth-order valence-corrected chi connectivity index (χ4v) is 8.44. The topological polar surface area (TPSA) is 121 Å². The number of benzene rings is 2. The van der Waals surface area contributed by atoms with Crippen LogP contribution in [-0.2, 0) is 5.41 Å². The zero-order chi connectivity index (χ0) is 30.0. The van der Waals surface area contributed by atoms with Gasteiger partial charge in [-0.05, 0) is 127 Å². The Hall–Kier alpha value is -3.87. The van der Waals surface area contributed by atoms with Crippen LogP contribution in [0.3, 0.4) is 0 Å². The summed E-state index contributed by atoms with van der Waals surface area (Å²) >= 11 is 2.88. The standard InChI is InChI=1S/C17H16N4S.C17H19N3S/c1-11-6-15(22-21-11)20-14-7-13(3-2-12(14)8-18)17(10-19)9-16(17)4-5-16;1-10-7-17(10)8-14(17)12-3-4-13(9-18)15(6-12)19-16-5-11(2)20-21-16/h2-3,6-8,18,20H,4-5,9H2,1H3;3-6,9-10,14,18-19H,7-8H2,1-2H3. The van der Waals surface area contributed by atoms with E-state index in [4.69, 9.17) is 10.8 Å². The molecule has 2 aromatic heterocycles. The van der Waals surface area contributed by atoms with Gasteiger partial charge in [0.1, 0.15) is 10.0 Å². The Morgan fingerprint density at radius 2 is 1.47 bits per heavy atom. The lowest BCUT2D eigenvalue weighted by Gasteiger charge is -2.13. The summed E-state index contributed by atoms with van der Waals surface area (Å²) in [6, 6.07) is 19.1. The van der Waals surface area contributed by atoms with Crippen LogP contribution in [0.4, 0.5) is 21.4 Å². The lowest BCUT2D eigenvalue weighted by molar-refractivity contribution is 0.738. The third kappa shape index (κ3) is 4.87. The van der Waals surface area contributed by atoms with Crippen LogP contribution in [0.25, 0.3) is 0 Å². The average molecular weight is 606 g/mol. The van der Waals surface area contributed by atoms with E-state index >= 15 is 0 Å². The molecule has 7 nitrogen and oxygen atoms in total. The largest absolute Gasteiger partial charge is 0.345 e. The first-order valence-electron chi connectivity index (χ1n) is 14.9. The maximum atomic E-state index is 9.67. The molecule has 9 heteroatoms. The van der Waals surface area contributed by atoms with Gasteiger partial charge >= 0.3 is 0 Å². The van der Waals surface area contributed by atoms with Gasteiger partial charge in [0.25, 0.3) is 0 Å². The second-order valence-electron chi connectivity index (χ2n) is 12.9. The van der Waals surface area contributed by atoms with E-state index in [1.54, 1.807) is 0 Å². The molecule has 4 aromatic rings. The predicted molar refractivity (Wildman–Crippen MR) is 176 cm³/mol. The van der Waals surface area contributed by atoms with Gasteiger partial charge in [0, 0.05) is 34.9 Å². The Labute approximate surface area is 260 Å². The van der Waals surface area contributed by atoms with Crippen molar-refractivity contribution in [1.82, 2.24) is 8.75 Å². The fourth-order valence-electron chi connectivity index (χ4n) is 7.09. The maximum Gasteiger partial charge on any atom is 0.114 e. The molecule has 0 bridgehead atoms. The number of nitrogens with zero attached hydrogens (tertiary/aromatic N) is 3. The molecular weight excluding hydrogens is 571 g/mol. The summed E-state index contributed by atoms with van der Waals surface area (Å²) in [5.74, 6) is 1.63. The van der Waals surface area contributed by atoms with Gasteiger partial charge in [-0.25, -0.2) is 0 Å². The number of hydrogen-bond donors (Lipinski definition) is 4. The van der Waals surface area contributed by atoms with Crippen molar-refractivity contribution in [3.8, 4) is 6.07 Å². The molecular formula is C34H35N7S2. The highest BCUT2D eigenvalue weighted by Gasteiger charge is 2.75. The first kappa shape index (κ1) is 27.9. The summed E-state index contributed by atoms with van der Waals surface area (Å²) in [5, 5.41) is 33.6. The van der Waals surface area contributed by atoms with Crippen molar-refractivity contribution in [2.75, 3.05) is 10.6 Å². The molecule has 2 heterocycles. The molecule has 4 atom stereocenters. The minimum atomic E-state index is -0.298. The van der Waals surface area contributed by atoms with Gasteiger partial charge in [0.15, 0.2) is 0 Å². The maximum absolute atomic E-state index is 9.67. The molecule has 4 aliphatic rings. The number of aromatic nitrogens is 2. The van der Waals surface area contributed by atoms with Crippen LogP contribution < -0.4 is 10.6 Å². The normalized spacial score (nSPS) is 26.6. The van der Waals surface area contributed by atoms with Gasteiger partial charge in [0.2, 0.25) is 0 Å². The summed E-state index contributed by atoms with van der Waals surface area (Å²) in [4.78, 5) is 0. The SMILES string of the molecule is Cc1cc(Nc2cc(C3(C#N)CC34CC4)ccc2C=N)sn1.Cc1cc(Nc2cc(C3CC34CC4C)ccc2C=N)sn1.